The molecule has 0 spiro atoms. The van der Waals surface area contributed by atoms with Gasteiger partial charge in [0, 0.05) is 5.92 Å². The first-order valence-electron chi connectivity index (χ1n) is 6.92. The molecule has 0 aliphatic heterocycles. The van der Waals surface area contributed by atoms with Crippen molar-refractivity contribution in [2.75, 3.05) is 0 Å². The van der Waals surface area contributed by atoms with E-state index in [1.54, 1.807) is 0 Å². The van der Waals surface area contributed by atoms with Crippen molar-refractivity contribution in [3.63, 3.8) is 0 Å². The van der Waals surface area contributed by atoms with Gasteiger partial charge >= 0.3 is 0 Å². The molecule has 2 nitrogen and oxygen atoms in total. The number of carbonyl (C=O) groups is 1. The van der Waals surface area contributed by atoms with Gasteiger partial charge in [0.25, 0.3) is 0 Å². The second-order valence-corrected chi connectivity index (χ2v) is 5.15. The molecule has 2 atom stereocenters. The number of fused-ring (bicyclic) bond motifs is 1. The third-order valence-corrected chi connectivity index (χ3v) is 3.88. The SMILES string of the molecule is CCCC(C(N)=O)[C@H](C)c1cccc2ccccc12. The number of carbonyl (C=O) groups excluding carboxylic acids is 1. The number of amides is 1. The quantitative estimate of drug-likeness (QED) is 0.866. The molecule has 2 N–H and O–H groups in total. The molecule has 100 valence electrons. The first-order chi connectivity index (χ1) is 9.15. The van der Waals surface area contributed by atoms with Crippen molar-refractivity contribution in [1.82, 2.24) is 0 Å². The highest BCUT2D eigenvalue weighted by Crippen LogP contribution is 2.32. The predicted octanol–water partition coefficient (Wildman–Crippen LogP) is 3.84. The summed E-state index contributed by atoms with van der Waals surface area (Å²) in [5, 5.41) is 2.44. The van der Waals surface area contributed by atoms with Gasteiger partial charge in [-0.15, -0.1) is 0 Å². The molecule has 2 aromatic carbocycles. The van der Waals surface area contributed by atoms with Crippen LogP contribution in [0.25, 0.3) is 10.8 Å². The molecule has 0 saturated heterocycles. The normalized spacial score (nSPS) is 14.2. The lowest BCUT2D eigenvalue weighted by Crippen LogP contribution is -2.27. The van der Waals surface area contributed by atoms with Crippen molar-refractivity contribution in [3.05, 3.63) is 48.0 Å². The van der Waals surface area contributed by atoms with Crippen LogP contribution in [-0.2, 0) is 4.79 Å². The Labute approximate surface area is 114 Å². The Morgan fingerprint density at radius 2 is 1.84 bits per heavy atom. The number of rotatable bonds is 5. The van der Waals surface area contributed by atoms with E-state index in [0.717, 1.165) is 12.8 Å². The van der Waals surface area contributed by atoms with Crippen molar-refractivity contribution < 1.29 is 4.79 Å². The fourth-order valence-electron chi connectivity index (χ4n) is 2.81. The lowest BCUT2D eigenvalue weighted by Gasteiger charge is -2.22. The van der Waals surface area contributed by atoms with Crippen LogP contribution < -0.4 is 5.73 Å². The van der Waals surface area contributed by atoms with Crippen molar-refractivity contribution in [1.29, 1.82) is 0 Å². The highest BCUT2D eigenvalue weighted by molar-refractivity contribution is 5.87. The van der Waals surface area contributed by atoms with Crippen LogP contribution >= 0.6 is 0 Å². The van der Waals surface area contributed by atoms with E-state index in [9.17, 15) is 4.79 Å². The minimum Gasteiger partial charge on any atom is -0.369 e. The average molecular weight is 255 g/mol. The van der Waals surface area contributed by atoms with Gasteiger partial charge in [0.15, 0.2) is 0 Å². The molecule has 0 bridgehead atoms. The van der Waals surface area contributed by atoms with Crippen LogP contribution in [0.3, 0.4) is 0 Å². The third-order valence-electron chi connectivity index (χ3n) is 3.88. The Morgan fingerprint density at radius 1 is 1.16 bits per heavy atom. The van der Waals surface area contributed by atoms with Crippen LogP contribution in [0.15, 0.2) is 42.5 Å². The first-order valence-corrected chi connectivity index (χ1v) is 6.92. The number of nitrogens with two attached hydrogens (primary N) is 1. The number of primary amides is 1. The monoisotopic (exact) mass is 255 g/mol. The van der Waals surface area contributed by atoms with Gasteiger partial charge < -0.3 is 5.73 Å². The summed E-state index contributed by atoms with van der Waals surface area (Å²) in [6.07, 6.45) is 1.82. The maximum absolute atomic E-state index is 11.7. The Kier molecular flexibility index (Phi) is 4.20. The fraction of sp³-hybridized carbons (Fsp3) is 0.353. The van der Waals surface area contributed by atoms with Gasteiger partial charge in [0.05, 0.1) is 0 Å². The van der Waals surface area contributed by atoms with Crippen LogP contribution in [-0.4, -0.2) is 5.91 Å². The van der Waals surface area contributed by atoms with Gasteiger partial charge in [-0.05, 0) is 28.7 Å². The maximum atomic E-state index is 11.7. The molecule has 1 unspecified atom stereocenters. The van der Waals surface area contributed by atoms with E-state index in [1.807, 2.05) is 12.1 Å². The molecule has 0 fully saturated rings. The predicted molar refractivity (Wildman–Crippen MR) is 80.0 cm³/mol. The molecule has 0 aliphatic carbocycles. The highest BCUT2D eigenvalue weighted by atomic mass is 16.1. The van der Waals surface area contributed by atoms with Crippen molar-refractivity contribution >= 4 is 16.7 Å². The first kappa shape index (κ1) is 13.6. The van der Waals surface area contributed by atoms with E-state index in [2.05, 4.69) is 44.2 Å². The number of hydrogen-bond acceptors (Lipinski definition) is 1. The zero-order valence-electron chi connectivity index (χ0n) is 11.6. The van der Waals surface area contributed by atoms with E-state index in [-0.39, 0.29) is 17.7 Å². The second-order valence-electron chi connectivity index (χ2n) is 5.15. The van der Waals surface area contributed by atoms with E-state index in [0.29, 0.717) is 0 Å². The molecule has 0 saturated carbocycles. The summed E-state index contributed by atoms with van der Waals surface area (Å²) in [5.41, 5.74) is 6.78. The van der Waals surface area contributed by atoms with Crippen LogP contribution in [0, 0.1) is 5.92 Å². The van der Waals surface area contributed by atoms with Crippen LogP contribution in [0.4, 0.5) is 0 Å². The van der Waals surface area contributed by atoms with Crippen LogP contribution in [0.2, 0.25) is 0 Å². The minimum atomic E-state index is -0.192. The Hall–Kier alpha value is -1.83. The van der Waals surface area contributed by atoms with Gasteiger partial charge in [0.2, 0.25) is 5.91 Å². The lowest BCUT2D eigenvalue weighted by atomic mass is 9.82. The molecule has 2 heteroatoms. The van der Waals surface area contributed by atoms with Gasteiger partial charge in [-0.25, -0.2) is 0 Å². The molecular formula is C17H21NO. The van der Waals surface area contributed by atoms with E-state index >= 15 is 0 Å². The Balaban J connectivity index is 2.45. The highest BCUT2D eigenvalue weighted by Gasteiger charge is 2.24. The molecule has 1 amide bonds. The van der Waals surface area contributed by atoms with Crippen molar-refractivity contribution in [3.8, 4) is 0 Å². The molecule has 0 heterocycles. The standard InChI is InChI=1S/C17H21NO/c1-3-7-15(17(18)19)12(2)14-11-6-9-13-8-4-5-10-16(13)14/h4-6,8-12,15H,3,7H2,1-2H3,(H2,18,19)/t12-,15?/m1/s1. The molecule has 2 rings (SSSR count). The van der Waals surface area contributed by atoms with Gasteiger partial charge in [0.1, 0.15) is 0 Å². The zero-order chi connectivity index (χ0) is 13.8. The molecule has 19 heavy (non-hydrogen) atoms. The number of hydrogen-bond donors (Lipinski definition) is 1. The smallest absolute Gasteiger partial charge is 0.221 e. The Bertz CT molecular complexity index is 571. The lowest BCUT2D eigenvalue weighted by molar-refractivity contribution is -0.122. The molecule has 2 aromatic rings. The number of benzene rings is 2. The summed E-state index contributed by atoms with van der Waals surface area (Å²) in [4.78, 5) is 11.7. The topological polar surface area (TPSA) is 43.1 Å². The molecule has 0 radical (unpaired) electrons. The summed E-state index contributed by atoms with van der Waals surface area (Å²) in [6, 6.07) is 14.6. The van der Waals surface area contributed by atoms with Gasteiger partial charge in [-0.2, -0.15) is 0 Å². The van der Waals surface area contributed by atoms with Gasteiger partial charge in [-0.3, -0.25) is 4.79 Å². The van der Waals surface area contributed by atoms with E-state index in [4.69, 9.17) is 5.73 Å². The maximum Gasteiger partial charge on any atom is 0.221 e. The summed E-state index contributed by atoms with van der Waals surface area (Å²) in [6.45, 7) is 4.19. The average Bonchev–Trinajstić information content (AvgIpc) is 2.43. The summed E-state index contributed by atoms with van der Waals surface area (Å²) >= 11 is 0. The second kappa shape index (κ2) is 5.87. The molecular weight excluding hydrogens is 234 g/mol. The minimum absolute atomic E-state index is 0.0872. The Morgan fingerprint density at radius 3 is 2.53 bits per heavy atom. The summed E-state index contributed by atoms with van der Waals surface area (Å²) in [5.74, 6) is -0.123. The summed E-state index contributed by atoms with van der Waals surface area (Å²) < 4.78 is 0. The van der Waals surface area contributed by atoms with Gasteiger partial charge in [-0.1, -0.05) is 62.7 Å². The third kappa shape index (κ3) is 2.78. The fourth-order valence-corrected chi connectivity index (χ4v) is 2.81. The van der Waals surface area contributed by atoms with E-state index in [1.165, 1.54) is 16.3 Å². The zero-order valence-corrected chi connectivity index (χ0v) is 11.6. The molecule has 0 aromatic heterocycles. The largest absolute Gasteiger partial charge is 0.369 e. The van der Waals surface area contributed by atoms with E-state index < -0.39 is 0 Å². The van der Waals surface area contributed by atoms with Crippen LogP contribution in [0.5, 0.6) is 0 Å². The molecule has 0 aliphatic rings. The van der Waals surface area contributed by atoms with Crippen LogP contribution in [0.1, 0.15) is 38.2 Å². The van der Waals surface area contributed by atoms with Crippen molar-refractivity contribution in [2.24, 2.45) is 11.7 Å². The van der Waals surface area contributed by atoms with Crippen molar-refractivity contribution in [2.45, 2.75) is 32.6 Å². The summed E-state index contributed by atoms with van der Waals surface area (Å²) in [7, 11) is 0.